The Morgan fingerprint density at radius 2 is 2.09 bits per heavy atom. The van der Waals surface area contributed by atoms with Gasteiger partial charge in [0.1, 0.15) is 17.7 Å². The number of hydrogen-bond donors (Lipinski definition) is 1. The summed E-state index contributed by atoms with van der Waals surface area (Å²) in [5.74, 6) is 2.70. The summed E-state index contributed by atoms with van der Waals surface area (Å²) in [6, 6.07) is 9.01. The molecule has 0 radical (unpaired) electrons. The Morgan fingerprint density at radius 3 is 2.88 bits per heavy atom. The quantitative estimate of drug-likeness (QED) is 0.327. The second-order valence-electron chi connectivity index (χ2n) is 7.07. The average molecular weight is 428 g/mol. The first-order valence-electron chi connectivity index (χ1n) is 9.61. The molecule has 0 fully saturated rings. The normalized spacial score (nSPS) is 11.2. The van der Waals surface area contributed by atoms with Crippen LogP contribution in [0.2, 0.25) is 0 Å². The molecule has 2 aromatic heterocycles. The molecular formula is C22H20N8O2+2. The van der Waals surface area contributed by atoms with E-state index in [0.29, 0.717) is 17.1 Å². The number of hydrogen-bond acceptors (Lipinski definition) is 7. The van der Waals surface area contributed by atoms with Gasteiger partial charge in [-0.05, 0) is 21.7 Å². The first-order chi connectivity index (χ1) is 15.5. The largest absolute Gasteiger partial charge is 0.537 e. The average Bonchev–Trinajstić information content (AvgIpc) is 3.19. The highest BCUT2D eigenvalue weighted by Crippen LogP contribution is 2.20. The van der Waals surface area contributed by atoms with Crippen molar-refractivity contribution in [3.05, 3.63) is 64.7 Å². The molecule has 1 amide bonds. The number of ether oxygens (including phenoxy) is 1. The van der Waals surface area contributed by atoms with Crippen LogP contribution in [0, 0.1) is 18.9 Å². The molecule has 10 nitrogen and oxygen atoms in total. The lowest BCUT2D eigenvalue weighted by Crippen LogP contribution is -2.32. The maximum absolute atomic E-state index is 12.7. The van der Waals surface area contributed by atoms with Gasteiger partial charge in [-0.25, -0.2) is 15.0 Å². The second-order valence-corrected chi connectivity index (χ2v) is 7.07. The van der Waals surface area contributed by atoms with E-state index in [1.165, 1.54) is 19.6 Å². The van der Waals surface area contributed by atoms with Crippen LogP contribution in [0.15, 0.2) is 36.9 Å². The van der Waals surface area contributed by atoms with Crippen LogP contribution < -0.4 is 34.9 Å². The lowest BCUT2D eigenvalue weighted by atomic mass is 10.2. The summed E-state index contributed by atoms with van der Waals surface area (Å²) in [5.41, 5.74) is 2.51. The Hall–Kier alpha value is -4.61. The smallest absolute Gasteiger partial charge is 0.479 e. The number of fused-ring (bicyclic) bond motifs is 1. The number of nitrogens with zero attached hydrogens (tertiary/aromatic N) is 7. The van der Waals surface area contributed by atoms with Crippen LogP contribution in [0.3, 0.4) is 0 Å². The molecule has 1 aliphatic heterocycles. The zero-order valence-corrected chi connectivity index (χ0v) is 18.0. The number of rotatable bonds is 4. The first kappa shape index (κ1) is 20.7. The molecule has 0 aliphatic carbocycles. The number of methoxy groups -OCH3 is 1. The van der Waals surface area contributed by atoms with E-state index in [4.69, 9.17) is 4.74 Å². The van der Waals surface area contributed by atoms with Crippen molar-refractivity contribution in [2.24, 2.45) is 0 Å². The van der Waals surface area contributed by atoms with E-state index >= 15 is 0 Å². The fourth-order valence-corrected chi connectivity index (χ4v) is 2.97. The van der Waals surface area contributed by atoms with Crippen molar-refractivity contribution in [3.63, 3.8) is 0 Å². The lowest BCUT2D eigenvalue weighted by Gasteiger charge is -2.13. The van der Waals surface area contributed by atoms with Crippen LogP contribution in [0.4, 0.5) is 11.4 Å². The standard InChI is InChI=1S/C22H19N8O2/c1-14-5-6-18-16(9-14)26-13-30(18)8-7-15-19(29(2)3)11-24-20(27-15)21(31)28-17-10-23-12-25-22(17)32-4/h5-6,9-13H,1-4H3/q+1/p+1. The van der Waals surface area contributed by atoms with E-state index in [1.54, 1.807) is 17.1 Å². The molecule has 158 valence electrons. The molecule has 3 heterocycles. The van der Waals surface area contributed by atoms with Crippen LogP contribution in [0.1, 0.15) is 21.9 Å². The molecule has 1 aromatic carbocycles. The minimum absolute atomic E-state index is 0.0445. The third-order valence-corrected chi connectivity index (χ3v) is 4.57. The number of benzene rings is 1. The highest BCUT2D eigenvalue weighted by molar-refractivity contribution is 6.02. The third kappa shape index (κ3) is 4.14. The summed E-state index contributed by atoms with van der Waals surface area (Å²) in [6.07, 6.45) is 5.97. The van der Waals surface area contributed by atoms with Crippen molar-refractivity contribution in [1.82, 2.24) is 29.2 Å². The predicted octanol–water partition coefficient (Wildman–Crippen LogP) is -0.869. The molecule has 1 N–H and O–H groups in total. The van der Waals surface area contributed by atoms with E-state index in [2.05, 4.69) is 41.9 Å². The van der Waals surface area contributed by atoms with Crippen molar-refractivity contribution in [1.29, 1.82) is 0 Å². The molecule has 3 aromatic rings. The molecule has 4 rings (SSSR count). The highest BCUT2D eigenvalue weighted by Gasteiger charge is 2.20. The fraction of sp³-hybridized carbons (Fsp3) is 0.182. The van der Waals surface area contributed by atoms with Crippen LogP contribution >= 0.6 is 0 Å². The predicted molar refractivity (Wildman–Crippen MR) is 119 cm³/mol. The van der Waals surface area contributed by atoms with E-state index < -0.39 is 5.91 Å². The molecule has 0 unspecified atom stereocenters. The first-order valence-corrected chi connectivity index (χ1v) is 9.61. The summed E-state index contributed by atoms with van der Waals surface area (Å²) >= 11 is 0. The van der Waals surface area contributed by atoms with Crippen LogP contribution in [0.5, 0.6) is 5.88 Å². The van der Waals surface area contributed by atoms with Gasteiger partial charge < -0.3 is 15.0 Å². The number of carbonyl (C=O) groups excluding carboxylic acids is 1. The minimum atomic E-state index is -0.532. The maximum Gasteiger partial charge on any atom is 0.537 e. The van der Waals surface area contributed by atoms with Gasteiger partial charge in [-0.15, -0.1) is 0 Å². The van der Waals surface area contributed by atoms with Crippen molar-refractivity contribution in [2.75, 3.05) is 31.4 Å². The van der Waals surface area contributed by atoms with E-state index in [1.807, 2.05) is 44.1 Å². The lowest BCUT2D eigenvalue weighted by molar-refractivity contribution is 0.101. The van der Waals surface area contributed by atoms with Gasteiger partial charge in [-0.2, -0.15) is 4.98 Å². The number of carbonyl (C=O) groups is 1. The maximum atomic E-state index is 12.7. The Kier molecular flexibility index (Phi) is 5.57. The van der Waals surface area contributed by atoms with Gasteiger partial charge in [-0.1, -0.05) is 6.07 Å². The molecule has 0 atom stereocenters. The molecule has 10 heteroatoms. The summed E-state index contributed by atoms with van der Waals surface area (Å²) in [4.78, 5) is 31.0. The number of anilines is 2. The van der Waals surface area contributed by atoms with Crippen LogP contribution in [-0.4, -0.2) is 53.4 Å². The summed E-state index contributed by atoms with van der Waals surface area (Å²) in [7, 11) is 5.16. The third-order valence-electron chi connectivity index (χ3n) is 4.57. The topological polar surface area (TPSA) is 110 Å². The number of nitrogens with one attached hydrogen (secondary N) is 1. The molecular weight excluding hydrogens is 408 g/mol. The van der Waals surface area contributed by atoms with Crippen molar-refractivity contribution < 1.29 is 9.53 Å². The molecule has 0 saturated heterocycles. The molecule has 0 bridgehead atoms. The number of amides is 1. The SMILES string of the molecule is COc1ncncc1NC(=O)c1ncc(N(C)C)c(C#C[N+]2=c3ccc(C)cc3=[N+]=C2)n1. The second kappa shape index (κ2) is 8.63. The van der Waals surface area contributed by atoms with Gasteiger partial charge >= 0.3 is 17.1 Å². The van der Waals surface area contributed by atoms with Gasteiger partial charge in [0.05, 0.1) is 25.2 Å². The Labute approximate surface area is 183 Å². The zero-order valence-electron chi connectivity index (χ0n) is 18.0. The Bertz CT molecular complexity index is 1450. The molecule has 32 heavy (non-hydrogen) atoms. The van der Waals surface area contributed by atoms with Crippen LogP contribution in [-0.2, 0) is 0 Å². The van der Waals surface area contributed by atoms with Crippen molar-refractivity contribution in [3.8, 4) is 17.8 Å². The van der Waals surface area contributed by atoms with Gasteiger partial charge in [-0.3, -0.25) is 4.79 Å². The molecule has 0 saturated carbocycles. The van der Waals surface area contributed by atoms with Crippen molar-refractivity contribution in [2.45, 2.75) is 6.92 Å². The van der Waals surface area contributed by atoms with Crippen LogP contribution in [0.25, 0.3) is 0 Å². The van der Waals surface area contributed by atoms with Gasteiger partial charge in [0.25, 0.3) is 5.91 Å². The molecule has 1 aliphatic rings. The van der Waals surface area contributed by atoms with Crippen molar-refractivity contribution >= 4 is 23.6 Å². The fourth-order valence-electron chi connectivity index (χ4n) is 2.97. The summed E-state index contributed by atoms with van der Waals surface area (Å²) in [6.45, 7) is 2.01. The summed E-state index contributed by atoms with van der Waals surface area (Å²) < 4.78 is 11.2. The van der Waals surface area contributed by atoms with E-state index in [-0.39, 0.29) is 11.7 Å². The Balaban J connectivity index is 1.70. The zero-order chi connectivity index (χ0) is 22.7. The Morgan fingerprint density at radius 1 is 1.25 bits per heavy atom. The van der Waals surface area contributed by atoms with Gasteiger partial charge in [0.2, 0.25) is 17.7 Å². The summed E-state index contributed by atoms with van der Waals surface area (Å²) in [5, 5.41) is 4.40. The highest BCUT2D eigenvalue weighted by atomic mass is 16.5. The molecule has 0 spiro atoms. The van der Waals surface area contributed by atoms with Gasteiger partial charge in [0, 0.05) is 32.1 Å². The number of aromatic nitrogens is 4. The van der Waals surface area contributed by atoms with E-state index in [9.17, 15) is 4.79 Å². The number of aryl methyl sites for hydroxylation is 1. The van der Waals surface area contributed by atoms with E-state index in [0.717, 1.165) is 16.3 Å². The minimum Gasteiger partial charge on any atom is -0.479 e. The van der Waals surface area contributed by atoms with Gasteiger partial charge in [0.15, 0.2) is 0 Å². The monoisotopic (exact) mass is 428 g/mol.